The number of amidine groups is 1. The summed E-state index contributed by atoms with van der Waals surface area (Å²) in [4.78, 5) is 19.4. The van der Waals surface area contributed by atoms with Crippen molar-refractivity contribution >= 4 is 22.6 Å². The van der Waals surface area contributed by atoms with Crippen LogP contribution in [0, 0.1) is 0 Å². The zero-order valence-electron chi connectivity index (χ0n) is 25.5. The quantitative estimate of drug-likeness (QED) is 0.150. The Morgan fingerprint density at radius 1 is 0.889 bits per heavy atom. The summed E-state index contributed by atoms with van der Waals surface area (Å²) < 4.78 is 5.40. The van der Waals surface area contributed by atoms with Gasteiger partial charge in [-0.3, -0.25) is 10.2 Å². The van der Waals surface area contributed by atoms with Crippen LogP contribution in [0.15, 0.2) is 120 Å². The Bertz CT molecular complexity index is 1720. The van der Waals surface area contributed by atoms with Gasteiger partial charge in [-0.05, 0) is 59.7 Å². The van der Waals surface area contributed by atoms with Crippen LogP contribution >= 0.6 is 0 Å². The van der Waals surface area contributed by atoms with Crippen molar-refractivity contribution in [1.82, 2.24) is 20.6 Å². The van der Waals surface area contributed by atoms with Gasteiger partial charge in [0.25, 0.3) is 0 Å². The van der Waals surface area contributed by atoms with E-state index < -0.39 is 12.1 Å². The predicted molar refractivity (Wildman–Crippen MR) is 180 cm³/mol. The first kappa shape index (κ1) is 30.0. The van der Waals surface area contributed by atoms with Gasteiger partial charge in [-0.25, -0.2) is 0 Å². The molecule has 3 atom stereocenters. The minimum atomic E-state index is -0.697. The Kier molecular flexibility index (Phi) is 9.41. The number of aryl methyl sites for hydroxylation is 1. The third-order valence-corrected chi connectivity index (χ3v) is 8.42. The van der Waals surface area contributed by atoms with Crippen LogP contribution < -0.4 is 21.2 Å². The Morgan fingerprint density at radius 3 is 2.31 bits per heavy atom. The van der Waals surface area contributed by atoms with Crippen molar-refractivity contribution in [3.8, 4) is 5.75 Å². The molecule has 0 saturated heterocycles. The average Bonchev–Trinajstić information content (AvgIpc) is 3.68. The highest BCUT2D eigenvalue weighted by Gasteiger charge is 2.35. The van der Waals surface area contributed by atoms with Crippen LogP contribution in [0.1, 0.15) is 28.7 Å². The number of aromatic amines is 1. The number of hydrogen-bond acceptors (Lipinski definition) is 6. The summed E-state index contributed by atoms with van der Waals surface area (Å²) >= 11 is 0. The maximum atomic E-state index is 13.7. The molecule has 8 nitrogen and oxygen atoms in total. The van der Waals surface area contributed by atoms with Crippen molar-refractivity contribution < 1.29 is 9.53 Å². The molecule has 230 valence electrons. The summed E-state index contributed by atoms with van der Waals surface area (Å²) in [6, 6.07) is 35.6. The molecule has 0 aliphatic carbocycles. The third kappa shape index (κ3) is 7.36. The molecule has 4 aromatic carbocycles. The second-order valence-electron chi connectivity index (χ2n) is 11.5. The summed E-state index contributed by atoms with van der Waals surface area (Å²) in [5.74, 6) is 1.39. The first-order valence-corrected chi connectivity index (χ1v) is 15.5. The zero-order chi connectivity index (χ0) is 31.0. The molecule has 0 bridgehead atoms. The second-order valence-corrected chi connectivity index (χ2v) is 11.5. The van der Waals surface area contributed by atoms with Gasteiger partial charge in [0.2, 0.25) is 5.91 Å². The van der Waals surface area contributed by atoms with E-state index in [4.69, 9.17) is 15.6 Å². The van der Waals surface area contributed by atoms with Crippen LogP contribution in [0.3, 0.4) is 0 Å². The number of rotatable bonds is 13. The number of nitrogens with zero attached hydrogens (tertiary/aromatic N) is 2. The minimum absolute atomic E-state index is 0.0531. The second kappa shape index (κ2) is 14.1. The van der Waals surface area contributed by atoms with E-state index in [0.29, 0.717) is 19.4 Å². The molecule has 6 rings (SSSR count). The normalized spacial score (nSPS) is 15.7. The van der Waals surface area contributed by atoms with Crippen molar-refractivity contribution in [2.75, 3.05) is 7.11 Å². The van der Waals surface area contributed by atoms with Crippen LogP contribution in [0.5, 0.6) is 5.75 Å². The Morgan fingerprint density at radius 2 is 1.58 bits per heavy atom. The van der Waals surface area contributed by atoms with Crippen molar-refractivity contribution in [1.29, 1.82) is 0 Å². The molecule has 1 unspecified atom stereocenters. The maximum Gasteiger partial charge on any atom is 0.237 e. The lowest BCUT2D eigenvalue weighted by Crippen LogP contribution is -2.54. The van der Waals surface area contributed by atoms with Crippen molar-refractivity contribution in [2.45, 2.75) is 50.5 Å². The average molecular weight is 601 g/mol. The Hall–Kier alpha value is -5.08. The molecular formula is C37H40N6O2. The molecule has 0 spiro atoms. The Balaban J connectivity index is 1.29. The lowest BCUT2D eigenvalue weighted by molar-refractivity contribution is -0.122. The number of hydrogen-bond donors (Lipinski definition) is 4. The molecule has 1 amide bonds. The standard InChI is InChI=1S/C37H40N6O2/c1-45-30-19-16-28(17-20-30)25-43-35(21-18-26-10-4-2-5-11-26)41-42-36(43)34(23-29-24-39-33-15-9-8-14-31(29)33)40-37(44)32(38)22-27-12-6-3-7-13-27/h2-17,19-20,24,32,34-35,39,41H,18,21-23,25,38H2,1H3,(H,40,44)/t32-,34-,35?/m1/s1. The number of carbonyl (C=O) groups is 1. The number of carbonyl (C=O) groups excluding carboxylic acids is 1. The van der Waals surface area contributed by atoms with E-state index in [1.165, 1.54) is 5.56 Å². The zero-order valence-corrected chi connectivity index (χ0v) is 25.5. The molecule has 1 aromatic heterocycles. The third-order valence-electron chi connectivity index (χ3n) is 8.42. The van der Waals surface area contributed by atoms with Crippen molar-refractivity contribution in [3.05, 3.63) is 138 Å². The minimum Gasteiger partial charge on any atom is -0.497 e. The van der Waals surface area contributed by atoms with Crippen molar-refractivity contribution in [3.63, 3.8) is 0 Å². The molecule has 5 aromatic rings. The van der Waals surface area contributed by atoms with Gasteiger partial charge in [0.05, 0.1) is 19.2 Å². The molecule has 0 saturated carbocycles. The maximum absolute atomic E-state index is 13.7. The summed E-state index contributed by atoms with van der Waals surface area (Å²) in [5, 5.41) is 9.32. The number of aromatic nitrogens is 1. The van der Waals surface area contributed by atoms with E-state index in [1.807, 2.05) is 66.9 Å². The summed E-state index contributed by atoms with van der Waals surface area (Å²) in [6.07, 6.45) is 4.71. The van der Waals surface area contributed by atoms with Gasteiger partial charge in [-0.15, -0.1) is 0 Å². The molecule has 1 aliphatic rings. The van der Waals surface area contributed by atoms with Crippen LogP contribution in [-0.2, 0) is 30.6 Å². The number of nitrogens with one attached hydrogen (secondary N) is 3. The molecule has 2 heterocycles. The largest absolute Gasteiger partial charge is 0.497 e. The highest BCUT2D eigenvalue weighted by Crippen LogP contribution is 2.24. The van der Waals surface area contributed by atoms with Gasteiger partial charge < -0.3 is 25.7 Å². The fourth-order valence-electron chi connectivity index (χ4n) is 5.97. The summed E-state index contributed by atoms with van der Waals surface area (Å²) in [5.41, 5.74) is 15.5. The van der Waals surface area contributed by atoms with E-state index >= 15 is 0 Å². The molecule has 1 aliphatic heterocycles. The summed E-state index contributed by atoms with van der Waals surface area (Å²) in [7, 11) is 1.67. The first-order chi connectivity index (χ1) is 22.1. The SMILES string of the molecule is COc1ccc(CN2C([C@@H](Cc3c[nH]c4ccccc34)NC(=O)[C@H](N)Cc3ccccc3)=NNC2CCc2ccccc2)cc1. The molecule has 0 fully saturated rings. The van der Waals surface area contributed by atoms with Gasteiger partial charge in [0.1, 0.15) is 17.8 Å². The highest BCUT2D eigenvalue weighted by molar-refractivity contribution is 5.94. The molecule has 5 N–H and O–H groups in total. The van der Waals surface area contributed by atoms with E-state index in [-0.39, 0.29) is 12.1 Å². The topological polar surface area (TPSA) is 108 Å². The number of H-pyrrole nitrogens is 1. The molecule has 8 heteroatoms. The predicted octanol–water partition coefficient (Wildman–Crippen LogP) is 5.15. The van der Waals surface area contributed by atoms with Crippen LogP contribution in [0.4, 0.5) is 0 Å². The number of methoxy groups -OCH3 is 1. The lowest BCUT2D eigenvalue weighted by atomic mass is 10.0. The number of ether oxygens (including phenoxy) is 1. The molecule has 0 radical (unpaired) electrons. The number of para-hydroxylation sites is 1. The van der Waals surface area contributed by atoms with E-state index in [9.17, 15) is 4.79 Å². The van der Waals surface area contributed by atoms with Gasteiger partial charge in [0.15, 0.2) is 0 Å². The van der Waals surface area contributed by atoms with Gasteiger partial charge in [-0.1, -0.05) is 91.0 Å². The van der Waals surface area contributed by atoms with Crippen LogP contribution in [0.25, 0.3) is 10.9 Å². The number of amides is 1. The number of nitrogens with two attached hydrogens (primary N) is 1. The number of benzene rings is 4. The van der Waals surface area contributed by atoms with Gasteiger partial charge >= 0.3 is 0 Å². The highest BCUT2D eigenvalue weighted by atomic mass is 16.5. The van der Waals surface area contributed by atoms with E-state index in [0.717, 1.165) is 52.0 Å². The van der Waals surface area contributed by atoms with E-state index in [2.05, 4.69) is 69.2 Å². The van der Waals surface area contributed by atoms with Crippen LogP contribution in [-0.4, -0.2) is 47.0 Å². The van der Waals surface area contributed by atoms with Gasteiger partial charge in [0, 0.05) is 30.1 Å². The number of hydrazone groups is 1. The van der Waals surface area contributed by atoms with Crippen molar-refractivity contribution in [2.24, 2.45) is 10.8 Å². The smallest absolute Gasteiger partial charge is 0.237 e. The van der Waals surface area contributed by atoms with E-state index in [1.54, 1.807) is 7.11 Å². The fraction of sp³-hybridized carbons (Fsp3) is 0.243. The molecular weight excluding hydrogens is 560 g/mol. The van der Waals surface area contributed by atoms with Gasteiger partial charge in [-0.2, -0.15) is 5.10 Å². The lowest BCUT2D eigenvalue weighted by Gasteiger charge is -2.32. The monoisotopic (exact) mass is 600 g/mol. The first-order valence-electron chi connectivity index (χ1n) is 15.5. The Labute approximate surface area is 264 Å². The van der Waals surface area contributed by atoms with Crippen LogP contribution in [0.2, 0.25) is 0 Å². The molecule has 45 heavy (non-hydrogen) atoms. The number of fused-ring (bicyclic) bond motifs is 1. The summed E-state index contributed by atoms with van der Waals surface area (Å²) in [6.45, 7) is 0.617. The fourth-order valence-corrected chi connectivity index (χ4v) is 5.97.